The van der Waals surface area contributed by atoms with Gasteiger partial charge in [0.25, 0.3) is 11.8 Å². The van der Waals surface area contributed by atoms with Crippen LogP contribution in [0.3, 0.4) is 0 Å². The summed E-state index contributed by atoms with van der Waals surface area (Å²) in [4.78, 5) is 11.5. The number of methoxy groups -OCH3 is 2. The number of hydrogen-bond acceptors (Lipinski definition) is 6. The molecule has 7 nitrogen and oxygen atoms in total. The lowest BCUT2D eigenvalue weighted by Gasteiger charge is -2.10. The van der Waals surface area contributed by atoms with Crippen molar-refractivity contribution in [3.8, 4) is 11.6 Å². The average molecular weight is 334 g/mol. The molecule has 0 radical (unpaired) electrons. The van der Waals surface area contributed by atoms with Crippen molar-refractivity contribution >= 4 is 5.91 Å². The van der Waals surface area contributed by atoms with Gasteiger partial charge in [-0.25, -0.2) is 0 Å². The molecule has 130 valence electrons. The second kappa shape index (κ2) is 8.35. The van der Waals surface area contributed by atoms with Crippen LogP contribution in [0.25, 0.3) is 0 Å². The van der Waals surface area contributed by atoms with Crippen molar-refractivity contribution in [3.63, 3.8) is 0 Å². The van der Waals surface area contributed by atoms with Crippen molar-refractivity contribution < 1.29 is 23.5 Å². The summed E-state index contributed by atoms with van der Waals surface area (Å²) >= 11 is 0. The third-order valence-corrected chi connectivity index (χ3v) is 3.70. The van der Waals surface area contributed by atoms with E-state index in [1.165, 1.54) is 7.11 Å². The Labute approximate surface area is 140 Å². The summed E-state index contributed by atoms with van der Waals surface area (Å²) in [6.07, 6.45) is 0.661. The van der Waals surface area contributed by atoms with E-state index in [4.69, 9.17) is 24.5 Å². The molecule has 1 aromatic heterocycles. The number of amides is 1. The van der Waals surface area contributed by atoms with Crippen LogP contribution >= 0.6 is 0 Å². The molecule has 1 amide bonds. The van der Waals surface area contributed by atoms with Crippen LogP contribution in [-0.2, 0) is 11.3 Å². The van der Waals surface area contributed by atoms with E-state index in [2.05, 4.69) is 5.16 Å². The molecule has 2 aromatic rings. The highest BCUT2D eigenvalue weighted by Crippen LogP contribution is 2.29. The molecule has 2 N–H and O–H groups in total. The minimum atomic E-state index is -0.617. The van der Waals surface area contributed by atoms with Crippen LogP contribution < -0.4 is 15.2 Å². The smallest absolute Gasteiger partial charge is 0.267 e. The molecule has 1 unspecified atom stereocenters. The maximum Gasteiger partial charge on any atom is 0.267 e. The maximum atomic E-state index is 11.5. The Morgan fingerprint density at radius 3 is 2.54 bits per heavy atom. The van der Waals surface area contributed by atoms with Crippen molar-refractivity contribution in [2.24, 2.45) is 5.73 Å². The van der Waals surface area contributed by atoms with E-state index >= 15 is 0 Å². The summed E-state index contributed by atoms with van der Waals surface area (Å²) in [7, 11) is 3.04. The molecule has 0 saturated heterocycles. The predicted octanol–water partition coefficient (Wildman–Crippen LogP) is 2.50. The van der Waals surface area contributed by atoms with Crippen LogP contribution in [0.15, 0.2) is 28.8 Å². The van der Waals surface area contributed by atoms with Gasteiger partial charge < -0.3 is 24.5 Å². The van der Waals surface area contributed by atoms with Gasteiger partial charge in [0, 0.05) is 12.5 Å². The van der Waals surface area contributed by atoms with Crippen molar-refractivity contribution in [1.29, 1.82) is 0 Å². The highest BCUT2D eigenvalue weighted by atomic mass is 16.5. The minimum absolute atomic E-state index is 0.0697. The first-order valence-corrected chi connectivity index (χ1v) is 7.60. The maximum absolute atomic E-state index is 11.5. The van der Waals surface area contributed by atoms with Gasteiger partial charge in [0.15, 0.2) is 5.76 Å². The number of rotatable bonds is 9. The number of carbonyl (C=O) groups excluding carboxylic acids is 1. The molecule has 0 aliphatic heterocycles. The van der Waals surface area contributed by atoms with E-state index < -0.39 is 5.91 Å². The lowest BCUT2D eigenvalue weighted by Crippen LogP contribution is -2.15. The van der Waals surface area contributed by atoms with Crippen LogP contribution in [0.2, 0.25) is 0 Å². The van der Waals surface area contributed by atoms with Crippen LogP contribution in [0.5, 0.6) is 11.6 Å². The molecule has 0 fully saturated rings. The summed E-state index contributed by atoms with van der Waals surface area (Å²) in [5.41, 5.74) is 6.62. The van der Waals surface area contributed by atoms with Crippen molar-refractivity contribution in [2.45, 2.75) is 25.9 Å². The molecule has 7 heteroatoms. The largest absolute Gasteiger partial charge is 0.497 e. The van der Waals surface area contributed by atoms with Crippen LogP contribution in [0.4, 0.5) is 0 Å². The first kappa shape index (κ1) is 17.8. The summed E-state index contributed by atoms with van der Waals surface area (Å²) in [5.74, 6) is 0.662. The highest BCUT2D eigenvalue weighted by Gasteiger charge is 2.25. The van der Waals surface area contributed by atoms with Gasteiger partial charge in [-0.2, -0.15) is 0 Å². The number of nitrogens with zero attached hydrogens (tertiary/aromatic N) is 1. The Kier molecular flexibility index (Phi) is 6.20. The van der Waals surface area contributed by atoms with Crippen molar-refractivity contribution in [1.82, 2.24) is 5.16 Å². The van der Waals surface area contributed by atoms with Crippen LogP contribution in [-0.4, -0.2) is 31.9 Å². The quantitative estimate of drug-likeness (QED) is 0.708. The van der Waals surface area contributed by atoms with Gasteiger partial charge in [-0.05, 0) is 29.3 Å². The Morgan fingerprint density at radius 2 is 1.96 bits per heavy atom. The molecule has 0 bridgehead atoms. The zero-order valence-corrected chi connectivity index (χ0v) is 14.1. The van der Waals surface area contributed by atoms with Crippen LogP contribution in [0, 0.1) is 0 Å². The van der Waals surface area contributed by atoms with E-state index in [1.807, 2.05) is 31.2 Å². The van der Waals surface area contributed by atoms with Crippen LogP contribution in [0.1, 0.15) is 40.9 Å². The number of aromatic nitrogens is 1. The van der Waals surface area contributed by atoms with Gasteiger partial charge in [0.1, 0.15) is 11.3 Å². The van der Waals surface area contributed by atoms with Gasteiger partial charge in [0.2, 0.25) is 0 Å². The molecule has 2 rings (SSSR count). The molecule has 1 aromatic carbocycles. The second-order valence-corrected chi connectivity index (χ2v) is 5.39. The van der Waals surface area contributed by atoms with Crippen molar-refractivity contribution in [3.05, 3.63) is 41.2 Å². The second-order valence-electron chi connectivity index (χ2n) is 5.39. The Morgan fingerprint density at radius 1 is 1.25 bits per heavy atom. The fourth-order valence-corrected chi connectivity index (χ4v) is 2.29. The van der Waals surface area contributed by atoms with Crippen molar-refractivity contribution in [2.75, 3.05) is 20.8 Å². The molecule has 0 aliphatic carbocycles. The van der Waals surface area contributed by atoms with Gasteiger partial charge in [-0.3, -0.25) is 4.79 Å². The zero-order chi connectivity index (χ0) is 17.5. The molecular weight excluding hydrogens is 312 g/mol. The number of nitrogens with two attached hydrogens (primary N) is 1. The lowest BCUT2D eigenvalue weighted by atomic mass is 10.0. The van der Waals surface area contributed by atoms with Gasteiger partial charge in [0.05, 0.1) is 20.8 Å². The SMILES string of the molecule is COc1ccc(COCCC(C)c2onc(OC)c2C(N)=O)cc1. The van der Waals surface area contributed by atoms with Gasteiger partial charge in [-0.15, -0.1) is 0 Å². The summed E-state index contributed by atoms with van der Waals surface area (Å²) in [6.45, 7) is 2.93. The number of hydrogen-bond donors (Lipinski definition) is 1. The Hall–Kier alpha value is -2.54. The first-order valence-electron chi connectivity index (χ1n) is 7.60. The Balaban J connectivity index is 1.86. The van der Waals surface area contributed by atoms with E-state index in [0.717, 1.165) is 11.3 Å². The summed E-state index contributed by atoms with van der Waals surface area (Å²) < 4.78 is 21.0. The fraction of sp³-hybridized carbons (Fsp3) is 0.412. The molecule has 1 atom stereocenters. The number of primary amides is 1. The lowest BCUT2D eigenvalue weighted by molar-refractivity contribution is 0.0991. The third-order valence-electron chi connectivity index (χ3n) is 3.70. The zero-order valence-electron chi connectivity index (χ0n) is 14.1. The number of benzene rings is 1. The number of carbonyl (C=O) groups is 1. The fourth-order valence-electron chi connectivity index (χ4n) is 2.29. The molecule has 24 heavy (non-hydrogen) atoms. The van der Waals surface area contributed by atoms with E-state index in [1.54, 1.807) is 7.11 Å². The molecule has 1 heterocycles. The predicted molar refractivity (Wildman–Crippen MR) is 87.3 cm³/mol. The van der Waals surface area contributed by atoms with E-state index in [-0.39, 0.29) is 17.4 Å². The standard InChI is InChI=1S/C17H22N2O5/c1-11(15-14(16(18)20)17(22-3)19-24-15)8-9-23-10-12-4-6-13(21-2)7-5-12/h4-7,11H,8-10H2,1-3H3,(H2,18,20). The van der Waals surface area contributed by atoms with E-state index in [0.29, 0.717) is 25.4 Å². The van der Waals surface area contributed by atoms with Gasteiger partial charge >= 0.3 is 0 Å². The summed E-state index contributed by atoms with van der Waals surface area (Å²) in [5, 5.41) is 3.72. The molecular formula is C17H22N2O5. The topological polar surface area (TPSA) is 96.8 Å². The first-order chi connectivity index (χ1) is 11.6. The average Bonchev–Trinajstić information content (AvgIpc) is 3.03. The minimum Gasteiger partial charge on any atom is -0.497 e. The highest BCUT2D eigenvalue weighted by molar-refractivity contribution is 5.96. The summed E-state index contributed by atoms with van der Waals surface area (Å²) in [6, 6.07) is 7.69. The normalized spacial score (nSPS) is 12.0. The molecule has 0 aliphatic rings. The number of ether oxygens (including phenoxy) is 3. The Bertz CT molecular complexity index is 666. The monoisotopic (exact) mass is 334 g/mol. The van der Waals surface area contributed by atoms with Gasteiger partial charge in [-0.1, -0.05) is 19.1 Å². The van der Waals surface area contributed by atoms with E-state index in [9.17, 15) is 4.79 Å². The molecule has 0 spiro atoms. The third kappa shape index (κ3) is 4.26. The molecule has 0 saturated carbocycles.